The zero-order valence-electron chi connectivity index (χ0n) is 10.5. The molecule has 17 heavy (non-hydrogen) atoms. The number of aromatic nitrogens is 1. The Morgan fingerprint density at radius 2 is 2.12 bits per heavy atom. The monoisotopic (exact) mass is 237 g/mol. The third-order valence-corrected chi connectivity index (χ3v) is 2.41. The number of amides is 1. The predicted molar refractivity (Wildman–Crippen MR) is 64.7 cm³/mol. The summed E-state index contributed by atoms with van der Waals surface area (Å²) in [6.45, 7) is 6.21. The van der Waals surface area contributed by atoms with Crippen molar-refractivity contribution in [2.75, 3.05) is 6.54 Å². The number of rotatable bonds is 4. The molecule has 94 valence electrons. The van der Waals surface area contributed by atoms with Crippen LogP contribution in [0.3, 0.4) is 0 Å². The standard InChI is InChI=1S/C12H19N3O2/c1-12(2,3)15(17)8-7-9-5-4-6-10(14-9)11(13)16/h4-6,17H,7-8H2,1-3H3,(H2,13,16). The van der Waals surface area contributed by atoms with Gasteiger partial charge >= 0.3 is 0 Å². The summed E-state index contributed by atoms with van der Waals surface area (Å²) in [7, 11) is 0. The van der Waals surface area contributed by atoms with Crippen molar-refractivity contribution in [2.24, 2.45) is 5.73 Å². The van der Waals surface area contributed by atoms with Gasteiger partial charge in [-0.1, -0.05) is 6.07 Å². The maximum atomic E-state index is 11.0. The highest BCUT2D eigenvalue weighted by molar-refractivity contribution is 5.90. The van der Waals surface area contributed by atoms with Crippen LogP contribution in [0.15, 0.2) is 18.2 Å². The number of hydroxylamine groups is 2. The van der Waals surface area contributed by atoms with Crippen molar-refractivity contribution < 1.29 is 10.0 Å². The van der Waals surface area contributed by atoms with Crippen LogP contribution in [-0.2, 0) is 6.42 Å². The Morgan fingerprint density at radius 1 is 1.47 bits per heavy atom. The maximum absolute atomic E-state index is 11.0. The summed E-state index contributed by atoms with van der Waals surface area (Å²) in [6, 6.07) is 5.12. The van der Waals surface area contributed by atoms with Crippen molar-refractivity contribution in [3.05, 3.63) is 29.6 Å². The maximum Gasteiger partial charge on any atom is 0.267 e. The lowest BCUT2D eigenvalue weighted by atomic mass is 10.1. The summed E-state index contributed by atoms with van der Waals surface area (Å²) in [6.07, 6.45) is 0.564. The van der Waals surface area contributed by atoms with E-state index in [0.29, 0.717) is 13.0 Å². The molecule has 0 aromatic carbocycles. The topological polar surface area (TPSA) is 79.5 Å². The van der Waals surface area contributed by atoms with E-state index in [-0.39, 0.29) is 11.2 Å². The molecule has 0 aliphatic rings. The quantitative estimate of drug-likeness (QED) is 0.771. The number of hydrogen-bond donors (Lipinski definition) is 2. The molecule has 0 spiro atoms. The Labute approximate surface area is 101 Å². The molecule has 5 heteroatoms. The summed E-state index contributed by atoms with van der Waals surface area (Å²) in [5.41, 5.74) is 5.84. The first-order chi connectivity index (χ1) is 7.80. The molecule has 0 fully saturated rings. The molecule has 0 unspecified atom stereocenters. The van der Waals surface area contributed by atoms with Crippen LogP contribution in [0.25, 0.3) is 0 Å². The number of nitrogens with zero attached hydrogens (tertiary/aromatic N) is 2. The molecule has 1 aromatic rings. The molecular weight excluding hydrogens is 218 g/mol. The van der Waals surface area contributed by atoms with Gasteiger partial charge in [-0.15, -0.1) is 0 Å². The Bertz CT molecular complexity index is 399. The third-order valence-electron chi connectivity index (χ3n) is 2.41. The number of nitrogens with two attached hydrogens (primary N) is 1. The molecule has 3 N–H and O–H groups in total. The van der Waals surface area contributed by atoms with E-state index in [1.54, 1.807) is 12.1 Å². The zero-order valence-corrected chi connectivity index (χ0v) is 10.5. The Balaban J connectivity index is 2.64. The predicted octanol–water partition coefficient (Wildman–Crippen LogP) is 1.21. The van der Waals surface area contributed by atoms with Gasteiger partial charge < -0.3 is 10.9 Å². The van der Waals surface area contributed by atoms with Gasteiger partial charge in [0.05, 0.1) is 0 Å². The van der Waals surface area contributed by atoms with Crippen molar-refractivity contribution in [1.29, 1.82) is 0 Å². The molecule has 0 bridgehead atoms. The van der Waals surface area contributed by atoms with E-state index in [4.69, 9.17) is 5.73 Å². The minimum Gasteiger partial charge on any atom is -0.364 e. The van der Waals surface area contributed by atoms with Crippen molar-refractivity contribution >= 4 is 5.91 Å². The number of carbonyl (C=O) groups is 1. The number of hydrogen-bond acceptors (Lipinski definition) is 4. The van der Waals surface area contributed by atoms with Crippen molar-refractivity contribution in [2.45, 2.75) is 32.7 Å². The van der Waals surface area contributed by atoms with E-state index in [9.17, 15) is 10.0 Å². The zero-order chi connectivity index (χ0) is 13.1. The molecule has 0 saturated heterocycles. The minimum absolute atomic E-state index is 0.253. The van der Waals surface area contributed by atoms with Gasteiger partial charge in [-0.05, 0) is 32.9 Å². The number of carbonyl (C=O) groups excluding carboxylic acids is 1. The van der Waals surface area contributed by atoms with Gasteiger partial charge in [-0.25, -0.2) is 4.98 Å². The third kappa shape index (κ3) is 4.13. The summed E-state index contributed by atoms with van der Waals surface area (Å²) in [5, 5.41) is 11.0. The first kappa shape index (κ1) is 13.6. The van der Waals surface area contributed by atoms with Crippen LogP contribution in [-0.4, -0.2) is 33.2 Å². The van der Waals surface area contributed by atoms with E-state index in [2.05, 4.69) is 4.98 Å². The van der Waals surface area contributed by atoms with E-state index >= 15 is 0 Å². The van der Waals surface area contributed by atoms with Gasteiger partial charge in [-0.3, -0.25) is 4.79 Å². The lowest BCUT2D eigenvalue weighted by Crippen LogP contribution is -2.39. The van der Waals surface area contributed by atoms with Crippen LogP contribution in [0.4, 0.5) is 0 Å². The largest absolute Gasteiger partial charge is 0.364 e. The normalized spacial score (nSPS) is 11.8. The second-order valence-electron chi connectivity index (χ2n) is 4.92. The van der Waals surface area contributed by atoms with E-state index in [1.165, 1.54) is 5.06 Å². The summed E-state index contributed by atoms with van der Waals surface area (Å²) >= 11 is 0. The molecule has 0 aliphatic heterocycles. The second kappa shape index (κ2) is 5.25. The van der Waals surface area contributed by atoms with Gasteiger partial charge in [0.25, 0.3) is 5.91 Å². The average molecular weight is 237 g/mol. The Hall–Kier alpha value is -1.46. The van der Waals surface area contributed by atoms with Gasteiger partial charge in [0.15, 0.2) is 0 Å². The summed E-state index contributed by atoms with van der Waals surface area (Å²) < 4.78 is 0. The second-order valence-corrected chi connectivity index (χ2v) is 4.92. The summed E-state index contributed by atoms with van der Waals surface area (Å²) in [5.74, 6) is -0.538. The fourth-order valence-electron chi connectivity index (χ4n) is 1.31. The van der Waals surface area contributed by atoms with Gasteiger partial charge in [0, 0.05) is 24.2 Å². The minimum atomic E-state index is -0.538. The first-order valence-electron chi connectivity index (χ1n) is 5.53. The molecule has 0 atom stereocenters. The molecule has 0 radical (unpaired) electrons. The van der Waals surface area contributed by atoms with Crippen LogP contribution in [0, 0.1) is 0 Å². The van der Waals surface area contributed by atoms with E-state index < -0.39 is 5.91 Å². The Kier molecular flexibility index (Phi) is 4.20. The van der Waals surface area contributed by atoms with Crippen LogP contribution in [0.1, 0.15) is 37.0 Å². The number of pyridine rings is 1. The summed E-state index contributed by atoms with van der Waals surface area (Å²) in [4.78, 5) is 15.1. The fourth-order valence-corrected chi connectivity index (χ4v) is 1.31. The smallest absolute Gasteiger partial charge is 0.267 e. The highest BCUT2D eigenvalue weighted by Crippen LogP contribution is 2.10. The van der Waals surface area contributed by atoms with Crippen LogP contribution >= 0.6 is 0 Å². The molecule has 0 saturated carbocycles. The fraction of sp³-hybridized carbons (Fsp3) is 0.500. The Morgan fingerprint density at radius 3 is 2.65 bits per heavy atom. The highest BCUT2D eigenvalue weighted by atomic mass is 16.5. The SMILES string of the molecule is CC(C)(C)N(O)CCc1cccc(C(N)=O)n1. The molecule has 1 aromatic heterocycles. The van der Waals surface area contributed by atoms with Gasteiger partial charge in [0.1, 0.15) is 5.69 Å². The molecule has 0 aliphatic carbocycles. The molecule has 1 amide bonds. The van der Waals surface area contributed by atoms with Crippen LogP contribution in [0.5, 0.6) is 0 Å². The van der Waals surface area contributed by atoms with Crippen LogP contribution < -0.4 is 5.73 Å². The van der Waals surface area contributed by atoms with Gasteiger partial charge in [-0.2, -0.15) is 5.06 Å². The van der Waals surface area contributed by atoms with E-state index in [1.807, 2.05) is 26.8 Å². The molecule has 1 rings (SSSR count). The highest BCUT2D eigenvalue weighted by Gasteiger charge is 2.18. The lowest BCUT2D eigenvalue weighted by Gasteiger charge is -2.29. The molecular formula is C12H19N3O2. The molecule has 1 heterocycles. The first-order valence-corrected chi connectivity index (χ1v) is 5.53. The number of primary amides is 1. The average Bonchev–Trinajstić information content (AvgIpc) is 2.25. The molecule has 5 nitrogen and oxygen atoms in total. The van der Waals surface area contributed by atoms with Crippen molar-refractivity contribution in [1.82, 2.24) is 10.0 Å². The van der Waals surface area contributed by atoms with Gasteiger partial charge in [0.2, 0.25) is 0 Å². The van der Waals surface area contributed by atoms with E-state index in [0.717, 1.165) is 5.69 Å². The van der Waals surface area contributed by atoms with Crippen molar-refractivity contribution in [3.8, 4) is 0 Å². The van der Waals surface area contributed by atoms with Crippen LogP contribution in [0.2, 0.25) is 0 Å². The van der Waals surface area contributed by atoms with Crippen molar-refractivity contribution in [3.63, 3.8) is 0 Å². The lowest BCUT2D eigenvalue weighted by molar-refractivity contribution is -0.154.